The molecule has 25 heavy (non-hydrogen) atoms. The topological polar surface area (TPSA) is 77.2 Å². The van der Waals surface area contributed by atoms with Crippen molar-refractivity contribution in [3.63, 3.8) is 0 Å². The van der Waals surface area contributed by atoms with Crippen molar-refractivity contribution in [3.05, 3.63) is 64.2 Å². The number of aryl methyl sites for hydroxylation is 2. The summed E-state index contributed by atoms with van der Waals surface area (Å²) in [5.74, 6) is -0.102. The molecule has 1 fully saturated rings. The Labute approximate surface area is 152 Å². The fraction of sp³-hybridized carbons (Fsp3) is 0.278. The molecule has 2 unspecified atom stereocenters. The van der Waals surface area contributed by atoms with Crippen molar-refractivity contribution in [3.8, 4) is 0 Å². The van der Waals surface area contributed by atoms with Crippen LogP contribution in [0.2, 0.25) is 5.02 Å². The van der Waals surface area contributed by atoms with Gasteiger partial charge < -0.3 is 10.6 Å². The molecule has 5 N–H and O–H groups in total. The number of carbonyl (C=O) groups excluding carboxylic acids is 1. The molecule has 2 atom stereocenters. The van der Waals surface area contributed by atoms with Gasteiger partial charge in [-0.2, -0.15) is 5.53 Å². The van der Waals surface area contributed by atoms with E-state index in [1.54, 1.807) is 0 Å². The standard InChI is InChI=1S/C18H22ClN5O/c1-11-7-12(2)9-15(8-11)21-17-16(22-24-23-17)18(25)20-10-13-3-5-14(19)6-4-13/h3-9,16-17,21-24H,10H2,1-2H3,(H,20,25). The number of anilines is 1. The number of hydrazine groups is 2. The van der Waals surface area contributed by atoms with Gasteiger partial charge in [0.2, 0.25) is 5.91 Å². The fourth-order valence-corrected chi connectivity index (χ4v) is 2.97. The van der Waals surface area contributed by atoms with E-state index >= 15 is 0 Å². The molecule has 1 aliphatic heterocycles. The molecular weight excluding hydrogens is 338 g/mol. The van der Waals surface area contributed by atoms with E-state index in [0.717, 1.165) is 11.3 Å². The maximum Gasteiger partial charge on any atom is 0.242 e. The van der Waals surface area contributed by atoms with Crippen LogP contribution >= 0.6 is 11.6 Å². The number of hydrogen-bond donors (Lipinski definition) is 5. The Kier molecular flexibility index (Phi) is 5.55. The largest absolute Gasteiger partial charge is 0.367 e. The summed E-state index contributed by atoms with van der Waals surface area (Å²) in [5.41, 5.74) is 13.1. The van der Waals surface area contributed by atoms with Gasteiger partial charge in [0.25, 0.3) is 0 Å². The number of benzene rings is 2. The van der Waals surface area contributed by atoms with E-state index < -0.39 is 6.04 Å². The SMILES string of the molecule is Cc1cc(C)cc(NC2NNNC2C(=O)NCc2ccc(Cl)cc2)c1. The first kappa shape index (κ1) is 17.7. The number of hydrogen-bond acceptors (Lipinski definition) is 5. The van der Waals surface area contributed by atoms with Crippen molar-refractivity contribution in [1.82, 2.24) is 21.7 Å². The van der Waals surface area contributed by atoms with Crippen LogP contribution in [0.5, 0.6) is 0 Å². The molecule has 7 heteroatoms. The molecule has 2 aromatic carbocycles. The molecule has 1 saturated heterocycles. The lowest BCUT2D eigenvalue weighted by Gasteiger charge is -2.20. The first-order valence-electron chi connectivity index (χ1n) is 8.14. The van der Waals surface area contributed by atoms with Crippen molar-refractivity contribution in [2.45, 2.75) is 32.6 Å². The fourth-order valence-electron chi connectivity index (χ4n) is 2.84. The summed E-state index contributed by atoms with van der Waals surface area (Å²) >= 11 is 5.87. The highest BCUT2D eigenvalue weighted by atomic mass is 35.5. The van der Waals surface area contributed by atoms with Crippen LogP contribution in [-0.4, -0.2) is 18.1 Å². The zero-order valence-corrected chi connectivity index (χ0v) is 14.9. The molecule has 1 amide bonds. The molecule has 0 aliphatic carbocycles. The van der Waals surface area contributed by atoms with Crippen LogP contribution in [-0.2, 0) is 11.3 Å². The summed E-state index contributed by atoms with van der Waals surface area (Å²) < 4.78 is 0. The summed E-state index contributed by atoms with van der Waals surface area (Å²) in [6.45, 7) is 4.55. The Balaban J connectivity index is 1.60. The van der Waals surface area contributed by atoms with E-state index in [9.17, 15) is 4.79 Å². The molecule has 0 aromatic heterocycles. The van der Waals surface area contributed by atoms with Gasteiger partial charge in [-0.25, -0.2) is 10.9 Å². The number of carbonyl (C=O) groups is 1. The third-order valence-corrected chi connectivity index (χ3v) is 4.25. The van der Waals surface area contributed by atoms with E-state index in [0.29, 0.717) is 11.6 Å². The lowest BCUT2D eigenvalue weighted by atomic mass is 10.1. The number of nitrogens with one attached hydrogen (secondary N) is 5. The highest BCUT2D eigenvalue weighted by Crippen LogP contribution is 2.16. The zero-order chi connectivity index (χ0) is 17.8. The Bertz CT molecular complexity index is 729. The van der Waals surface area contributed by atoms with Crippen LogP contribution in [0, 0.1) is 13.8 Å². The van der Waals surface area contributed by atoms with Crippen molar-refractivity contribution in [2.75, 3.05) is 5.32 Å². The molecule has 0 bridgehead atoms. The van der Waals surface area contributed by atoms with Crippen LogP contribution in [0.25, 0.3) is 0 Å². The minimum atomic E-state index is -0.451. The van der Waals surface area contributed by atoms with Crippen molar-refractivity contribution >= 4 is 23.2 Å². The van der Waals surface area contributed by atoms with Gasteiger partial charge in [0, 0.05) is 17.3 Å². The summed E-state index contributed by atoms with van der Waals surface area (Å²) in [4.78, 5) is 12.5. The molecule has 3 rings (SSSR count). The van der Waals surface area contributed by atoms with Crippen molar-refractivity contribution < 1.29 is 4.79 Å². The quantitative estimate of drug-likeness (QED) is 0.564. The predicted molar refractivity (Wildman–Crippen MR) is 99.8 cm³/mol. The van der Waals surface area contributed by atoms with E-state index in [2.05, 4.69) is 45.2 Å². The van der Waals surface area contributed by atoms with E-state index in [-0.39, 0.29) is 12.1 Å². The maximum absolute atomic E-state index is 12.5. The second-order valence-electron chi connectivity index (χ2n) is 6.23. The second kappa shape index (κ2) is 7.84. The van der Waals surface area contributed by atoms with Crippen molar-refractivity contribution in [1.29, 1.82) is 0 Å². The van der Waals surface area contributed by atoms with Gasteiger partial charge in [-0.1, -0.05) is 29.8 Å². The van der Waals surface area contributed by atoms with Crippen LogP contribution in [0.15, 0.2) is 42.5 Å². The third kappa shape index (κ3) is 4.70. The number of halogens is 1. The molecule has 2 aromatic rings. The first-order valence-corrected chi connectivity index (χ1v) is 8.52. The Morgan fingerprint density at radius 1 is 1.08 bits per heavy atom. The average Bonchev–Trinajstić information content (AvgIpc) is 3.01. The van der Waals surface area contributed by atoms with Gasteiger partial charge in [0.05, 0.1) is 0 Å². The van der Waals surface area contributed by atoms with Crippen molar-refractivity contribution in [2.24, 2.45) is 0 Å². The maximum atomic E-state index is 12.5. The zero-order valence-electron chi connectivity index (χ0n) is 14.2. The highest BCUT2D eigenvalue weighted by Gasteiger charge is 2.32. The predicted octanol–water partition coefficient (Wildman–Crippen LogP) is 1.99. The van der Waals surface area contributed by atoms with Gasteiger partial charge in [-0.15, -0.1) is 0 Å². The summed E-state index contributed by atoms with van der Waals surface area (Å²) in [6, 6.07) is 13.2. The smallest absolute Gasteiger partial charge is 0.242 e. The van der Waals surface area contributed by atoms with Gasteiger partial charge in [-0.05, 0) is 54.8 Å². The highest BCUT2D eigenvalue weighted by molar-refractivity contribution is 6.30. The van der Waals surface area contributed by atoms with Gasteiger partial charge in [0.15, 0.2) is 0 Å². The molecule has 0 spiro atoms. The normalized spacial score (nSPS) is 19.6. The van der Waals surface area contributed by atoms with Crippen LogP contribution in [0.1, 0.15) is 16.7 Å². The number of amides is 1. The Morgan fingerprint density at radius 3 is 2.44 bits per heavy atom. The van der Waals surface area contributed by atoms with E-state index in [1.807, 2.05) is 38.1 Å². The molecule has 1 heterocycles. The average molecular weight is 360 g/mol. The third-order valence-electron chi connectivity index (χ3n) is 4.00. The van der Waals surface area contributed by atoms with Crippen LogP contribution < -0.4 is 27.0 Å². The molecule has 132 valence electrons. The molecule has 0 saturated carbocycles. The lowest BCUT2D eigenvalue weighted by Crippen LogP contribution is -2.50. The summed E-state index contributed by atoms with van der Waals surface area (Å²) in [5, 5.41) is 6.96. The van der Waals surface area contributed by atoms with E-state index in [4.69, 9.17) is 11.6 Å². The summed E-state index contributed by atoms with van der Waals surface area (Å²) in [6.07, 6.45) is -0.272. The molecule has 0 radical (unpaired) electrons. The van der Waals surface area contributed by atoms with Gasteiger partial charge >= 0.3 is 0 Å². The monoisotopic (exact) mass is 359 g/mol. The van der Waals surface area contributed by atoms with Crippen LogP contribution in [0.3, 0.4) is 0 Å². The Morgan fingerprint density at radius 2 is 1.76 bits per heavy atom. The molecular formula is C18H22ClN5O. The minimum Gasteiger partial charge on any atom is -0.367 e. The summed E-state index contributed by atoms with van der Waals surface area (Å²) in [7, 11) is 0. The minimum absolute atomic E-state index is 0.102. The van der Waals surface area contributed by atoms with Gasteiger partial charge in [0.1, 0.15) is 12.2 Å². The first-order chi connectivity index (χ1) is 12.0. The van der Waals surface area contributed by atoms with Gasteiger partial charge in [-0.3, -0.25) is 4.79 Å². The molecule has 1 aliphatic rings. The molecule has 6 nitrogen and oxygen atoms in total. The number of rotatable bonds is 5. The Hall–Kier alpha value is -2.12. The lowest BCUT2D eigenvalue weighted by molar-refractivity contribution is -0.123. The van der Waals surface area contributed by atoms with E-state index in [1.165, 1.54) is 11.1 Å². The van der Waals surface area contributed by atoms with Crippen LogP contribution in [0.4, 0.5) is 5.69 Å². The second-order valence-corrected chi connectivity index (χ2v) is 6.67.